The maximum absolute atomic E-state index is 11.2. The molecule has 1 aliphatic heterocycles. The second-order valence-electron chi connectivity index (χ2n) is 3.25. The molecule has 0 spiro atoms. The minimum Gasteiger partial charge on any atom is -0.291 e. The van der Waals surface area contributed by atoms with Gasteiger partial charge in [0.1, 0.15) is 0 Å². The van der Waals surface area contributed by atoms with Gasteiger partial charge in [0.25, 0.3) is 0 Å². The molecule has 0 saturated heterocycles. The van der Waals surface area contributed by atoms with E-state index in [4.69, 9.17) is 0 Å². The number of fused-ring (bicyclic) bond motifs is 1. The van der Waals surface area contributed by atoms with Gasteiger partial charge in [0.2, 0.25) is 0 Å². The van der Waals surface area contributed by atoms with Gasteiger partial charge < -0.3 is 0 Å². The van der Waals surface area contributed by atoms with Crippen LogP contribution in [0.5, 0.6) is 0 Å². The summed E-state index contributed by atoms with van der Waals surface area (Å²) in [6, 6.07) is 0. The SMILES string of the molecule is CC(=O)c1ncc2c(n1)CS(=O)(=O)C2. The fourth-order valence-electron chi connectivity index (χ4n) is 1.35. The number of aromatic nitrogens is 2. The van der Waals surface area contributed by atoms with E-state index in [1.165, 1.54) is 13.1 Å². The Balaban J connectivity index is 2.50. The Bertz CT molecular complexity index is 507. The number of hydrogen-bond acceptors (Lipinski definition) is 5. The molecule has 6 heteroatoms. The Morgan fingerprint density at radius 3 is 2.79 bits per heavy atom. The van der Waals surface area contributed by atoms with E-state index in [9.17, 15) is 13.2 Å². The van der Waals surface area contributed by atoms with Crippen LogP contribution in [-0.2, 0) is 21.3 Å². The highest BCUT2D eigenvalue weighted by atomic mass is 32.2. The van der Waals surface area contributed by atoms with Crippen molar-refractivity contribution in [3.63, 3.8) is 0 Å². The lowest BCUT2D eigenvalue weighted by molar-refractivity contribution is 0.100. The highest BCUT2D eigenvalue weighted by Gasteiger charge is 2.26. The van der Waals surface area contributed by atoms with Crippen LogP contribution in [0.15, 0.2) is 6.20 Å². The first-order valence-corrected chi connectivity index (χ1v) is 5.86. The molecule has 1 aliphatic rings. The maximum Gasteiger partial charge on any atom is 0.196 e. The normalized spacial score (nSPS) is 17.8. The molecule has 0 radical (unpaired) electrons. The molecule has 0 saturated carbocycles. The Morgan fingerprint density at radius 2 is 2.14 bits per heavy atom. The van der Waals surface area contributed by atoms with Gasteiger partial charge in [0, 0.05) is 18.7 Å². The van der Waals surface area contributed by atoms with Gasteiger partial charge in [0.15, 0.2) is 21.4 Å². The number of carbonyl (C=O) groups is 1. The molecule has 74 valence electrons. The summed E-state index contributed by atoms with van der Waals surface area (Å²) in [4.78, 5) is 18.6. The second kappa shape index (κ2) is 2.84. The van der Waals surface area contributed by atoms with E-state index in [1.54, 1.807) is 0 Å². The molecular formula is C8H8N2O3S. The van der Waals surface area contributed by atoms with Crippen LogP contribution in [0.2, 0.25) is 0 Å². The van der Waals surface area contributed by atoms with Crippen molar-refractivity contribution >= 4 is 15.6 Å². The number of hydrogen-bond donors (Lipinski definition) is 0. The van der Waals surface area contributed by atoms with Gasteiger partial charge >= 0.3 is 0 Å². The number of carbonyl (C=O) groups excluding carboxylic acids is 1. The zero-order valence-electron chi connectivity index (χ0n) is 7.52. The second-order valence-corrected chi connectivity index (χ2v) is 5.32. The molecule has 2 rings (SSSR count). The van der Waals surface area contributed by atoms with Crippen molar-refractivity contribution in [2.24, 2.45) is 0 Å². The number of sulfone groups is 1. The molecule has 2 heterocycles. The van der Waals surface area contributed by atoms with Gasteiger partial charge in [-0.05, 0) is 0 Å². The Labute approximate surface area is 81.1 Å². The Morgan fingerprint density at radius 1 is 1.43 bits per heavy atom. The molecular weight excluding hydrogens is 204 g/mol. The molecule has 0 unspecified atom stereocenters. The predicted octanol–water partition coefficient (Wildman–Crippen LogP) is 0.108. The van der Waals surface area contributed by atoms with Crippen molar-refractivity contribution in [3.05, 3.63) is 23.3 Å². The van der Waals surface area contributed by atoms with Crippen molar-refractivity contribution < 1.29 is 13.2 Å². The average molecular weight is 212 g/mol. The minimum atomic E-state index is -3.06. The molecule has 0 bridgehead atoms. The average Bonchev–Trinajstić information content (AvgIpc) is 2.36. The molecule has 0 aromatic carbocycles. The summed E-state index contributed by atoms with van der Waals surface area (Å²) < 4.78 is 22.4. The Kier molecular flexibility index (Phi) is 1.88. The highest BCUT2D eigenvalue weighted by Crippen LogP contribution is 2.22. The minimum absolute atomic E-state index is 0.0134. The van der Waals surface area contributed by atoms with Crippen LogP contribution in [0.25, 0.3) is 0 Å². The van der Waals surface area contributed by atoms with E-state index in [-0.39, 0.29) is 23.1 Å². The lowest BCUT2D eigenvalue weighted by Crippen LogP contribution is -2.03. The lowest BCUT2D eigenvalue weighted by Gasteiger charge is -1.96. The zero-order chi connectivity index (χ0) is 10.3. The van der Waals surface area contributed by atoms with E-state index in [1.807, 2.05) is 0 Å². The first kappa shape index (κ1) is 9.26. The molecule has 5 nitrogen and oxygen atoms in total. The van der Waals surface area contributed by atoms with Crippen molar-refractivity contribution in [3.8, 4) is 0 Å². The predicted molar refractivity (Wildman–Crippen MR) is 48.4 cm³/mol. The molecule has 0 atom stereocenters. The van der Waals surface area contributed by atoms with E-state index >= 15 is 0 Å². The smallest absolute Gasteiger partial charge is 0.196 e. The molecule has 0 fully saturated rings. The first-order valence-electron chi connectivity index (χ1n) is 4.04. The fraction of sp³-hybridized carbons (Fsp3) is 0.375. The van der Waals surface area contributed by atoms with Crippen LogP contribution >= 0.6 is 0 Å². The van der Waals surface area contributed by atoms with Crippen LogP contribution < -0.4 is 0 Å². The third-order valence-electron chi connectivity index (χ3n) is 2.00. The highest BCUT2D eigenvalue weighted by molar-refractivity contribution is 7.90. The van der Waals surface area contributed by atoms with E-state index < -0.39 is 9.84 Å². The summed E-state index contributed by atoms with van der Waals surface area (Å²) >= 11 is 0. The quantitative estimate of drug-likeness (QED) is 0.617. The van der Waals surface area contributed by atoms with Crippen molar-refractivity contribution in [2.75, 3.05) is 0 Å². The number of ketones is 1. The van der Waals surface area contributed by atoms with Crippen LogP contribution in [0.4, 0.5) is 0 Å². The largest absolute Gasteiger partial charge is 0.291 e. The summed E-state index contributed by atoms with van der Waals surface area (Å²) in [6.45, 7) is 1.35. The van der Waals surface area contributed by atoms with Crippen molar-refractivity contribution in [1.82, 2.24) is 9.97 Å². The Hall–Kier alpha value is -1.30. The molecule has 1 aromatic rings. The first-order chi connectivity index (χ1) is 6.48. The monoisotopic (exact) mass is 212 g/mol. The van der Waals surface area contributed by atoms with Gasteiger partial charge in [-0.25, -0.2) is 18.4 Å². The van der Waals surface area contributed by atoms with Crippen LogP contribution in [0.3, 0.4) is 0 Å². The zero-order valence-corrected chi connectivity index (χ0v) is 8.34. The maximum atomic E-state index is 11.2. The van der Waals surface area contributed by atoms with Gasteiger partial charge in [-0.2, -0.15) is 0 Å². The van der Waals surface area contributed by atoms with E-state index in [0.29, 0.717) is 11.3 Å². The van der Waals surface area contributed by atoms with Crippen LogP contribution in [0, 0.1) is 0 Å². The number of rotatable bonds is 1. The number of Topliss-reactive ketones (excluding diaryl/α,β-unsaturated/α-hetero) is 1. The molecule has 0 amide bonds. The topological polar surface area (TPSA) is 77.0 Å². The van der Waals surface area contributed by atoms with Crippen molar-refractivity contribution in [1.29, 1.82) is 0 Å². The summed E-state index contributed by atoms with van der Waals surface area (Å²) in [5.41, 5.74) is 1.07. The summed E-state index contributed by atoms with van der Waals surface area (Å²) in [5.74, 6) is -0.260. The van der Waals surface area contributed by atoms with Gasteiger partial charge in [-0.3, -0.25) is 4.79 Å². The summed E-state index contributed by atoms with van der Waals surface area (Å²) in [6.07, 6.45) is 1.42. The summed E-state index contributed by atoms with van der Waals surface area (Å²) in [5, 5.41) is 0. The van der Waals surface area contributed by atoms with Gasteiger partial charge in [0.05, 0.1) is 17.2 Å². The summed E-state index contributed by atoms with van der Waals surface area (Å²) in [7, 11) is -3.06. The van der Waals surface area contributed by atoms with Crippen LogP contribution in [0.1, 0.15) is 28.8 Å². The number of nitrogens with zero attached hydrogens (tertiary/aromatic N) is 2. The molecule has 0 N–H and O–H groups in total. The molecule has 0 aliphatic carbocycles. The lowest BCUT2D eigenvalue weighted by atomic mass is 10.2. The van der Waals surface area contributed by atoms with Gasteiger partial charge in [-0.1, -0.05) is 0 Å². The molecule has 14 heavy (non-hydrogen) atoms. The molecule has 1 aromatic heterocycles. The van der Waals surface area contributed by atoms with E-state index in [0.717, 1.165) is 0 Å². The van der Waals surface area contributed by atoms with Crippen molar-refractivity contribution in [2.45, 2.75) is 18.4 Å². The fourth-order valence-corrected chi connectivity index (χ4v) is 2.84. The third kappa shape index (κ3) is 1.52. The third-order valence-corrected chi connectivity index (χ3v) is 3.47. The van der Waals surface area contributed by atoms with E-state index in [2.05, 4.69) is 9.97 Å². The van der Waals surface area contributed by atoms with Gasteiger partial charge in [-0.15, -0.1) is 0 Å². The standard InChI is InChI=1S/C8H8N2O3S/c1-5(11)8-9-2-6-3-14(12,13)4-7(6)10-8/h2H,3-4H2,1H3. The van der Waals surface area contributed by atoms with Crippen LogP contribution in [-0.4, -0.2) is 24.2 Å².